The Balaban J connectivity index is 1.90. The van der Waals surface area contributed by atoms with Crippen LogP contribution in [0.25, 0.3) is 0 Å². The van der Waals surface area contributed by atoms with Crippen LogP contribution in [0.3, 0.4) is 0 Å². The summed E-state index contributed by atoms with van der Waals surface area (Å²) >= 11 is 6.43. The summed E-state index contributed by atoms with van der Waals surface area (Å²) in [6.07, 6.45) is 5.22. The fourth-order valence-corrected chi connectivity index (χ4v) is 3.79. The number of anilines is 1. The van der Waals surface area contributed by atoms with Crippen LogP contribution < -0.4 is 15.0 Å². The van der Waals surface area contributed by atoms with Crippen molar-refractivity contribution in [3.05, 3.63) is 23.2 Å². The number of halogens is 1. The second-order valence-electron chi connectivity index (χ2n) is 6.16. The normalized spacial score (nSPS) is 25.1. The fourth-order valence-electron chi connectivity index (χ4n) is 3.56. The van der Waals surface area contributed by atoms with Crippen molar-refractivity contribution in [2.75, 3.05) is 25.1 Å². The number of methoxy groups -OCH3 is 1. The molecule has 2 aliphatic rings. The Kier molecular flexibility index (Phi) is 3.83. The van der Waals surface area contributed by atoms with Gasteiger partial charge in [0.15, 0.2) is 0 Å². The first-order valence-corrected chi connectivity index (χ1v) is 7.87. The van der Waals surface area contributed by atoms with Gasteiger partial charge in [-0.1, -0.05) is 24.4 Å². The minimum Gasteiger partial charge on any atom is -0.497 e. The van der Waals surface area contributed by atoms with Gasteiger partial charge in [0, 0.05) is 30.7 Å². The summed E-state index contributed by atoms with van der Waals surface area (Å²) in [5.74, 6) is 0.871. The molecule has 1 atom stereocenters. The summed E-state index contributed by atoms with van der Waals surface area (Å²) in [6.45, 7) is 4.32. The third-order valence-electron chi connectivity index (χ3n) is 4.80. The van der Waals surface area contributed by atoms with Crippen LogP contribution in [0.15, 0.2) is 18.2 Å². The van der Waals surface area contributed by atoms with Crippen LogP contribution in [0.4, 0.5) is 5.69 Å². The van der Waals surface area contributed by atoms with Gasteiger partial charge in [0.05, 0.1) is 17.8 Å². The molecule has 1 aromatic carbocycles. The lowest BCUT2D eigenvalue weighted by Gasteiger charge is -2.46. The van der Waals surface area contributed by atoms with Crippen LogP contribution in [0, 0.1) is 0 Å². The molecule has 0 aromatic heterocycles. The maximum Gasteiger partial charge on any atom is 0.121 e. The molecule has 1 N–H and O–H groups in total. The van der Waals surface area contributed by atoms with Crippen LogP contribution in [-0.4, -0.2) is 31.8 Å². The Morgan fingerprint density at radius 1 is 1.35 bits per heavy atom. The first kappa shape index (κ1) is 14.0. The topological polar surface area (TPSA) is 24.5 Å². The summed E-state index contributed by atoms with van der Waals surface area (Å²) in [4.78, 5) is 2.45. The van der Waals surface area contributed by atoms with E-state index in [9.17, 15) is 0 Å². The van der Waals surface area contributed by atoms with Crippen LogP contribution in [-0.2, 0) is 0 Å². The van der Waals surface area contributed by atoms with E-state index in [0.29, 0.717) is 11.6 Å². The zero-order valence-electron chi connectivity index (χ0n) is 12.3. The van der Waals surface area contributed by atoms with Gasteiger partial charge in [-0.15, -0.1) is 0 Å². The average molecular weight is 295 g/mol. The molecular weight excluding hydrogens is 272 g/mol. The lowest BCUT2D eigenvalue weighted by molar-refractivity contribution is 0.276. The Bertz CT molecular complexity index is 485. The van der Waals surface area contributed by atoms with Gasteiger partial charge >= 0.3 is 0 Å². The molecule has 0 amide bonds. The molecule has 1 aromatic rings. The van der Waals surface area contributed by atoms with E-state index in [0.717, 1.165) is 29.5 Å². The summed E-state index contributed by atoms with van der Waals surface area (Å²) < 4.78 is 5.35. The van der Waals surface area contributed by atoms with E-state index in [-0.39, 0.29) is 0 Å². The molecule has 2 fully saturated rings. The highest BCUT2D eigenvalue weighted by atomic mass is 35.5. The molecule has 4 heteroatoms. The van der Waals surface area contributed by atoms with Crippen LogP contribution in [0.5, 0.6) is 5.75 Å². The van der Waals surface area contributed by atoms with E-state index < -0.39 is 0 Å². The molecule has 1 heterocycles. The van der Waals surface area contributed by atoms with E-state index in [2.05, 4.69) is 23.2 Å². The predicted molar refractivity (Wildman–Crippen MR) is 84.0 cm³/mol. The first-order chi connectivity index (χ1) is 9.63. The molecule has 1 saturated heterocycles. The van der Waals surface area contributed by atoms with E-state index in [1.54, 1.807) is 7.11 Å². The summed E-state index contributed by atoms with van der Waals surface area (Å²) in [7, 11) is 1.70. The summed E-state index contributed by atoms with van der Waals surface area (Å²) in [5.41, 5.74) is 1.39. The lowest BCUT2D eigenvalue weighted by Crippen LogP contribution is -2.62. The second-order valence-corrected chi connectivity index (χ2v) is 6.57. The monoisotopic (exact) mass is 294 g/mol. The molecule has 1 spiro atoms. The van der Waals surface area contributed by atoms with E-state index in [1.807, 2.05) is 12.1 Å². The van der Waals surface area contributed by atoms with Gasteiger partial charge in [0.1, 0.15) is 5.75 Å². The number of benzene rings is 1. The average Bonchev–Trinajstić information content (AvgIpc) is 2.91. The maximum absolute atomic E-state index is 6.43. The Hall–Kier alpha value is -0.930. The molecule has 110 valence electrons. The highest BCUT2D eigenvalue weighted by Gasteiger charge is 2.40. The minimum atomic E-state index is 0.291. The van der Waals surface area contributed by atoms with Crippen molar-refractivity contribution in [2.24, 2.45) is 0 Å². The van der Waals surface area contributed by atoms with Gasteiger partial charge in [-0.25, -0.2) is 0 Å². The molecule has 1 aliphatic carbocycles. The smallest absolute Gasteiger partial charge is 0.121 e. The zero-order valence-corrected chi connectivity index (χ0v) is 13.0. The van der Waals surface area contributed by atoms with Crippen molar-refractivity contribution in [3.63, 3.8) is 0 Å². The SMILES string of the molecule is COc1ccc(Cl)c(N2CC3(CCCC3)NCC2C)c1. The lowest BCUT2D eigenvalue weighted by atomic mass is 9.92. The number of hydrogen-bond donors (Lipinski definition) is 1. The Morgan fingerprint density at radius 2 is 2.10 bits per heavy atom. The number of hydrogen-bond acceptors (Lipinski definition) is 3. The molecule has 3 rings (SSSR count). The largest absolute Gasteiger partial charge is 0.497 e. The third-order valence-corrected chi connectivity index (χ3v) is 5.12. The molecule has 1 saturated carbocycles. The molecule has 1 unspecified atom stereocenters. The third kappa shape index (κ3) is 2.49. The van der Waals surface area contributed by atoms with Crippen molar-refractivity contribution in [1.82, 2.24) is 5.32 Å². The second kappa shape index (κ2) is 5.45. The minimum absolute atomic E-state index is 0.291. The maximum atomic E-state index is 6.43. The number of piperazine rings is 1. The van der Waals surface area contributed by atoms with Crippen molar-refractivity contribution < 1.29 is 4.74 Å². The Labute approximate surface area is 126 Å². The van der Waals surface area contributed by atoms with Gasteiger partial charge < -0.3 is 15.0 Å². The number of rotatable bonds is 2. The number of ether oxygens (including phenoxy) is 1. The van der Waals surface area contributed by atoms with Crippen LogP contribution in [0.2, 0.25) is 5.02 Å². The standard InChI is InChI=1S/C16H23ClN2O/c1-12-10-18-16(7-3-4-8-16)11-19(12)15-9-13(20-2)5-6-14(15)17/h5-6,9,12,18H,3-4,7-8,10-11H2,1-2H3. The van der Waals surface area contributed by atoms with Gasteiger partial charge in [-0.3, -0.25) is 0 Å². The highest BCUT2D eigenvalue weighted by Crippen LogP contribution is 2.38. The molecule has 3 nitrogen and oxygen atoms in total. The Morgan fingerprint density at radius 3 is 2.80 bits per heavy atom. The van der Waals surface area contributed by atoms with Crippen molar-refractivity contribution >= 4 is 17.3 Å². The highest BCUT2D eigenvalue weighted by molar-refractivity contribution is 6.33. The zero-order chi connectivity index (χ0) is 14.2. The van der Waals surface area contributed by atoms with Crippen molar-refractivity contribution in [2.45, 2.75) is 44.2 Å². The van der Waals surface area contributed by atoms with Gasteiger partial charge in [0.2, 0.25) is 0 Å². The molecule has 20 heavy (non-hydrogen) atoms. The van der Waals surface area contributed by atoms with Crippen LogP contribution in [0.1, 0.15) is 32.6 Å². The van der Waals surface area contributed by atoms with Gasteiger partial charge in [-0.2, -0.15) is 0 Å². The van der Waals surface area contributed by atoms with Crippen molar-refractivity contribution in [3.8, 4) is 5.75 Å². The predicted octanol–water partition coefficient (Wildman–Crippen LogP) is 3.46. The number of nitrogens with zero attached hydrogens (tertiary/aromatic N) is 1. The van der Waals surface area contributed by atoms with Gasteiger partial charge in [-0.05, 0) is 31.9 Å². The molecular formula is C16H23ClN2O. The van der Waals surface area contributed by atoms with E-state index >= 15 is 0 Å². The quantitative estimate of drug-likeness (QED) is 0.904. The van der Waals surface area contributed by atoms with E-state index in [4.69, 9.17) is 16.3 Å². The molecule has 1 aliphatic heterocycles. The fraction of sp³-hybridized carbons (Fsp3) is 0.625. The first-order valence-electron chi connectivity index (χ1n) is 7.49. The summed E-state index contributed by atoms with van der Waals surface area (Å²) in [5, 5.41) is 4.59. The molecule has 0 radical (unpaired) electrons. The molecule has 0 bridgehead atoms. The summed E-state index contributed by atoms with van der Waals surface area (Å²) in [6, 6.07) is 6.37. The van der Waals surface area contributed by atoms with E-state index in [1.165, 1.54) is 25.7 Å². The van der Waals surface area contributed by atoms with Gasteiger partial charge in [0.25, 0.3) is 0 Å². The van der Waals surface area contributed by atoms with Crippen molar-refractivity contribution in [1.29, 1.82) is 0 Å². The number of nitrogens with one attached hydrogen (secondary N) is 1. The van der Waals surface area contributed by atoms with Crippen LogP contribution >= 0.6 is 11.6 Å².